The van der Waals surface area contributed by atoms with E-state index in [0.29, 0.717) is 5.56 Å². The number of hydrogen-bond donors (Lipinski definition) is 2. The van der Waals surface area contributed by atoms with Crippen LogP contribution in [0.3, 0.4) is 0 Å². The number of nitrogens with one attached hydrogen (secondary N) is 1. The fraction of sp³-hybridized carbons (Fsp3) is 0.538. The second-order valence-corrected chi connectivity index (χ2v) is 4.27. The molecule has 0 spiro atoms. The Bertz CT molecular complexity index is 370. The van der Waals surface area contributed by atoms with Crippen molar-refractivity contribution in [2.75, 3.05) is 20.3 Å². The molecule has 0 aliphatic rings. The Kier molecular flexibility index (Phi) is 4.90. The molecule has 0 bridgehead atoms. The summed E-state index contributed by atoms with van der Waals surface area (Å²) in [5.41, 5.74) is 0.0927. The highest BCUT2D eigenvalue weighted by molar-refractivity contribution is 5.33. The average Bonchev–Trinajstić information content (AvgIpc) is 2.35. The molecule has 96 valence electrons. The highest BCUT2D eigenvalue weighted by Crippen LogP contribution is 2.25. The molecule has 1 aromatic rings. The van der Waals surface area contributed by atoms with Gasteiger partial charge in [0, 0.05) is 0 Å². The van der Waals surface area contributed by atoms with Gasteiger partial charge in [-0.05, 0) is 37.6 Å². The van der Waals surface area contributed by atoms with Crippen LogP contribution in [-0.2, 0) is 5.54 Å². The summed E-state index contributed by atoms with van der Waals surface area (Å²) >= 11 is 0. The zero-order valence-corrected chi connectivity index (χ0v) is 10.6. The van der Waals surface area contributed by atoms with Gasteiger partial charge in [-0.25, -0.2) is 4.39 Å². The van der Waals surface area contributed by atoms with Crippen LogP contribution in [0.25, 0.3) is 0 Å². The quantitative estimate of drug-likeness (QED) is 0.801. The highest BCUT2D eigenvalue weighted by Gasteiger charge is 2.25. The van der Waals surface area contributed by atoms with Crippen molar-refractivity contribution in [3.05, 3.63) is 29.6 Å². The van der Waals surface area contributed by atoms with Crippen LogP contribution in [0.15, 0.2) is 18.2 Å². The van der Waals surface area contributed by atoms with Gasteiger partial charge in [0.25, 0.3) is 0 Å². The fourth-order valence-corrected chi connectivity index (χ4v) is 1.66. The lowest BCUT2D eigenvalue weighted by molar-refractivity contribution is 0.175. The van der Waals surface area contributed by atoms with E-state index in [1.165, 1.54) is 13.2 Å². The molecule has 0 heterocycles. The molecule has 0 aliphatic carbocycles. The molecule has 0 aliphatic heterocycles. The van der Waals surface area contributed by atoms with E-state index in [2.05, 4.69) is 5.32 Å². The minimum absolute atomic E-state index is 0.0846. The van der Waals surface area contributed by atoms with Gasteiger partial charge < -0.3 is 15.2 Å². The molecule has 1 unspecified atom stereocenters. The Morgan fingerprint density at radius 3 is 2.65 bits per heavy atom. The molecule has 0 saturated carbocycles. The van der Waals surface area contributed by atoms with E-state index >= 15 is 0 Å². The highest BCUT2D eigenvalue weighted by atomic mass is 19.1. The monoisotopic (exact) mass is 241 g/mol. The Hall–Kier alpha value is -1.13. The van der Waals surface area contributed by atoms with Crippen molar-refractivity contribution in [1.29, 1.82) is 0 Å². The zero-order valence-electron chi connectivity index (χ0n) is 10.6. The van der Waals surface area contributed by atoms with E-state index in [0.717, 1.165) is 13.0 Å². The molecule has 4 heteroatoms. The summed E-state index contributed by atoms with van der Waals surface area (Å²) in [4.78, 5) is 0. The van der Waals surface area contributed by atoms with E-state index in [1.807, 2.05) is 13.8 Å². The predicted octanol–water partition coefficient (Wildman–Crippen LogP) is 2.04. The largest absolute Gasteiger partial charge is 0.494 e. The summed E-state index contributed by atoms with van der Waals surface area (Å²) in [5.74, 6) is -0.201. The summed E-state index contributed by atoms with van der Waals surface area (Å²) < 4.78 is 18.5. The van der Waals surface area contributed by atoms with E-state index in [-0.39, 0.29) is 12.4 Å². The normalized spacial score (nSPS) is 14.4. The van der Waals surface area contributed by atoms with Crippen molar-refractivity contribution < 1.29 is 14.2 Å². The summed E-state index contributed by atoms with van der Waals surface area (Å²) in [6.07, 6.45) is 0.953. The molecule has 1 aromatic carbocycles. The summed E-state index contributed by atoms with van der Waals surface area (Å²) in [6, 6.07) is 4.74. The molecule has 1 atom stereocenters. The van der Waals surface area contributed by atoms with Crippen molar-refractivity contribution in [3.63, 3.8) is 0 Å². The molecule has 0 radical (unpaired) electrons. The predicted molar refractivity (Wildman–Crippen MR) is 65.7 cm³/mol. The Morgan fingerprint density at radius 1 is 1.47 bits per heavy atom. The molecule has 2 N–H and O–H groups in total. The van der Waals surface area contributed by atoms with Gasteiger partial charge >= 0.3 is 0 Å². The molecule has 0 saturated heterocycles. The number of halogens is 1. The molecular formula is C13H20FNO2. The smallest absolute Gasteiger partial charge is 0.165 e. The van der Waals surface area contributed by atoms with Crippen molar-refractivity contribution in [3.8, 4) is 5.75 Å². The minimum Gasteiger partial charge on any atom is -0.494 e. The number of rotatable bonds is 6. The Balaban J connectivity index is 2.99. The first-order valence-corrected chi connectivity index (χ1v) is 5.77. The SMILES string of the molecule is CCCNC(C)(CO)c1ccc(OC)c(F)c1. The summed E-state index contributed by atoms with van der Waals surface area (Å²) in [6.45, 7) is 4.58. The molecule has 1 rings (SSSR count). The van der Waals surface area contributed by atoms with E-state index in [1.54, 1.807) is 12.1 Å². The number of hydrogen-bond acceptors (Lipinski definition) is 3. The van der Waals surface area contributed by atoms with Crippen LogP contribution in [0.2, 0.25) is 0 Å². The van der Waals surface area contributed by atoms with Crippen molar-refractivity contribution >= 4 is 0 Å². The van der Waals surface area contributed by atoms with Gasteiger partial charge in [0.1, 0.15) is 0 Å². The van der Waals surface area contributed by atoms with Crippen molar-refractivity contribution in [2.24, 2.45) is 0 Å². The topological polar surface area (TPSA) is 41.5 Å². The van der Waals surface area contributed by atoms with Crippen LogP contribution in [0.1, 0.15) is 25.8 Å². The average molecular weight is 241 g/mol. The van der Waals surface area contributed by atoms with Gasteiger partial charge in [-0.1, -0.05) is 13.0 Å². The Morgan fingerprint density at radius 2 is 2.18 bits per heavy atom. The lowest BCUT2D eigenvalue weighted by Gasteiger charge is -2.29. The van der Waals surface area contributed by atoms with Gasteiger partial charge in [-0.3, -0.25) is 0 Å². The van der Waals surface area contributed by atoms with E-state index in [4.69, 9.17) is 4.74 Å². The number of aliphatic hydroxyl groups excluding tert-OH is 1. The molecule has 3 nitrogen and oxygen atoms in total. The molecule has 0 amide bonds. The van der Waals surface area contributed by atoms with Gasteiger partial charge in [0.15, 0.2) is 11.6 Å². The van der Waals surface area contributed by atoms with Crippen LogP contribution in [0.5, 0.6) is 5.75 Å². The number of ether oxygens (including phenoxy) is 1. The molecule has 17 heavy (non-hydrogen) atoms. The first-order chi connectivity index (χ1) is 8.07. The van der Waals surface area contributed by atoms with Gasteiger partial charge in [-0.15, -0.1) is 0 Å². The lowest BCUT2D eigenvalue weighted by atomic mass is 9.92. The number of benzene rings is 1. The summed E-state index contributed by atoms with van der Waals surface area (Å²) in [5, 5.41) is 12.7. The van der Waals surface area contributed by atoms with Crippen LogP contribution < -0.4 is 10.1 Å². The van der Waals surface area contributed by atoms with Crippen molar-refractivity contribution in [1.82, 2.24) is 5.32 Å². The number of methoxy groups -OCH3 is 1. The standard InChI is InChI=1S/C13H20FNO2/c1-4-7-15-13(2,9-16)10-5-6-12(17-3)11(14)8-10/h5-6,8,15-16H,4,7,9H2,1-3H3. The third-order valence-corrected chi connectivity index (χ3v) is 2.87. The first kappa shape index (κ1) is 13.9. The summed E-state index contributed by atoms with van der Waals surface area (Å²) in [7, 11) is 1.43. The van der Waals surface area contributed by atoms with E-state index < -0.39 is 11.4 Å². The maximum Gasteiger partial charge on any atom is 0.165 e. The van der Waals surface area contributed by atoms with Crippen LogP contribution in [0.4, 0.5) is 4.39 Å². The van der Waals surface area contributed by atoms with Gasteiger partial charge in [0.05, 0.1) is 19.3 Å². The second-order valence-electron chi connectivity index (χ2n) is 4.27. The van der Waals surface area contributed by atoms with Crippen LogP contribution in [-0.4, -0.2) is 25.4 Å². The molecule has 0 aromatic heterocycles. The van der Waals surface area contributed by atoms with Crippen LogP contribution in [0, 0.1) is 5.82 Å². The maximum atomic E-state index is 13.6. The van der Waals surface area contributed by atoms with E-state index in [9.17, 15) is 9.50 Å². The maximum absolute atomic E-state index is 13.6. The second kappa shape index (κ2) is 5.98. The zero-order chi connectivity index (χ0) is 12.9. The van der Waals surface area contributed by atoms with Gasteiger partial charge in [-0.2, -0.15) is 0 Å². The van der Waals surface area contributed by atoms with Crippen molar-refractivity contribution in [2.45, 2.75) is 25.8 Å². The number of aliphatic hydroxyl groups is 1. The lowest BCUT2D eigenvalue weighted by Crippen LogP contribution is -2.43. The first-order valence-electron chi connectivity index (χ1n) is 5.77. The third kappa shape index (κ3) is 3.17. The molecular weight excluding hydrogens is 221 g/mol. The fourth-order valence-electron chi connectivity index (χ4n) is 1.66. The Labute approximate surface area is 102 Å². The minimum atomic E-state index is -0.622. The molecule has 0 fully saturated rings. The van der Waals surface area contributed by atoms with Crippen LogP contribution >= 0.6 is 0 Å². The third-order valence-electron chi connectivity index (χ3n) is 2.87. The van der Waals surface area contributed by atoms with Gasteiger partial charge in [0.2, 0.25) is 0 Å².